The first-order valence-corrected chi connectivity index (χ1v) is 5.81. The van der Waals surface area contributed by atoms with Gasteiger partial charge in [0.05, 0.1) is 0 Å². The quantitative estimate of drug-likeness (QED) is 0.833. The zero-order chi connectivity index (χ0) is 11.4. The molecule has 0 saturated carbocycles. The van der Waals surface area contributed by atoms with E-state index in [1.807, 2.05) is 23.1 Å². The zero-order valence-corrected chi connectivity index (χ0v) is 9.43. The molecule has 1 fully saturated rings. The summed E-state index contributed by atoms with van der Waals surface area (Å²) >= 11 is 0. The molecule has 1 aromatic carbocycles. The van der Waals surface area contributed by atoms with Crippen LogP contribution in [0.4, 0.5) is 0 Å². The summed E-state index contributed by atoms with van der Waals surface area (Å²) < 4.78 is 0. The number of rotatable bonds is 3. The normalized spacial score (nSPS) is 21.2. The van der Waals surface area contributed by atoms with Crippen LogP contribution in [0, 0.1) is 5.92 Å². The molecule has 0 spiro atoms. The van der Waals surface area contributed by atoms with E-state index >= 15 is 0 Å². The molecule has 86 valence electrons. The van der Waals surface area contributed by atoms with E-state index in [0.717, 1.165) is 19.5 Å². The number of amides is 1. The molecule has 3 heteroatoms. The van der Waals surface area contributed by atoms with E-state index in [2.05, 4.69) is 12.1 Å². The number of hydrogen-bond acceptors (Lipinski definition) is 2. The summed E-state index contributed by atoms with van der Waals surface area (Å²) in [6.07, 6.45) is 1.59. The number of nitrogens with zero attached hydrogens (tertiary/aromatic N) is 1. The van der Waals surface area contributed by atoms with E-state index < -0.39 is 0 Å². The Hall–Kier alpha value is -1.35. The minimum absolute atomic E-state index is 0.258. The highest BCUT2D eigenvalue weighted by Crippen LogP contribution is 2.18. The Kier molecular flexibility index (Phi) is 3.57. The van der Waals surface area contributed by atoms with Crippen LogP contribution in [0.25, 0.3) is 0 Å². The Morgan fingerprint density at radius 1 is 1.31 bits per heavy atom. The lowest BCUT2D eigenvalue weighted by Crippen LogP contribution is -2.41. The van der Waals surface area contributed by atoms with Gasteiger partial charge in [-0.1, -0.05) is 30.3 Å². The Morgan fingerprint density at radius 3 is 2.75 bits per heavy atom. The fourth-order valence-corrected chi connectivity index (χ4v) is 2.14. The van der Waals surface area contributed by atoms with Crippen LogP contribution in [0.5, 0.6) is 0 Å². The SMILES string of the molecule is NC[C@H]1CCC(=O)N(Cc2ccccc2)C1. The molecular weight excluding hydrogens is 200 g/mol. The number of nitrogens with two attached hydrogens (primary N) is 1. The van der Waals surface area contributed by atoms with Gasteiger partial charge in [0.1, 0.15) is 0 Å². The highest BCUT2D eigenvalue weighted by Gasteiger charge is 2.24. The lowest BCUT2D eigenvalue weighted by molar-refractivity contribution is -0.135. The molecule has 2 rings (SSSR count). The van der Waals surface area contributed by atoms with E-state index in [9.17, 15) is 4.79 Å². The molecule has 1 amide bonds. The Labute approximate surface area is 96.2 Å². The maximum atomic E-state index is 11.7. The van der Waals surface area contributed by atoms with Crippen LogP contribution in [-0.4, -0.2) is 23.9 Å². The lowest BCUT2D eigenvalue weighted by atomic mass is 9.97. The molecule has 16 heavy (non-hydrogen) atoms. The van der Waals surface area contributed by atoms with Crippen LogP contribution in [0.15, 0.2) is 30.3 Å². The number of carbonyl (C=O) groups excluding carboxylic acids is 1. The molecule has 1 atom stereocenters. The number of hydrogen-bond donors (Lipinski definition) is 1. The molecule has 1 heterocycles. The van der Waals surface area contributed by atoms with Crippen molar-refractivity contribution in [3.8, 4) is 0 Å². The number of piperidine rings is 1. The third kappa shape index (κ3) is 2.61. The van der Waals surface area contributed by atoms with Gasteiger partial charge in [-0.25, -0.2) is 0 Å². The molecule has 3 nitrogen and oxygen atoms in total. The zero-order valence-electron chi connectivity index (χ0n) is 9.43. The third-order valence-corrected chi connectivity index (χ3v) is 3.15. The topological polar surface area (TPSA) is 46.3 Å². The predicted molar refractivity (Wildman–Crippen MR) is 63.6 cm³/mol. The first-order valence-electron chi connectivity index (χ1n) is 5.81. The summed E-state index contributed by atoms with van der Waals surface area (Å²) in [5.74, 6) is 0.731. The summed E-state index contributed by atoms with van der Waals surface area (Å²) in [6, 6.07) is 10.1. The average Bonchev–Trinajstić information content (AvgIpc) is 2.33. The van der Waals surface area contributed by atoms with Crippen LogP contribution in [0.2, 0.25) is 0 Å². The van der Waals surface area contributed by atoms with Crippen molar-refractivity contribution in [3.63, 3.8) is 0 Å². The van der Waals surface area contributed by atoms with Gasteiger partial charge in [0, 0.05) is 19.5 Å². The van der Waals surface area contributed by atoms with Gasteiger partial charge in [-0.3, -0.25) is 4.79 Å². The van der Waals surface area contributed by atoms with E-state index in [1.54, 1.807) is 0 Å². The monoisotopic (exact) mass is 218 g/mol. The van der Waals surface area contributed by atoms with Crippen molar-refractivity contribution >= 4 is 5.91 Å². The average molecular weight is 218 g/mol. The van der Waals surface area contributed by atoms with Crippen LogP contribution in [0.1, 0.15) is 18.4 Å². The summed E-state index contributed by atoms with van der Waals surface area (Å²) in [4.78, 5) is 13.7. The fourth-order valence-electron chi connectivity index (χ4n) is 2.14. The van der Waals surface area contributed by atoms with Gasteiger partial charge in [-0.15, -0.1) is 0 Å². The van der Waals surface area contributed by atoms with Crippen molar-refractivity contribution in [3.05, 3.63) is 35.9 Å². The first kappa shape index (κ1) is 11.1. The fraction of sp³-hybridized carbons (Fsp3) is 0.462. The second kappa shape index (κ2) is 5.12. The summed E-state index contributed by atoms with van der Waals surface area (Å²) in [6.45, 7) is 2.21. The van der Waals surface area contributed by atoms with Crippen molar-refractivity contribution in [1.29, 1.82) is 0 Å². The molecule has 1 aliphatic rings. The molecule has 2 N–H and O–H groups in total. The standard InChI is InChI=1S/C13H18N2O/c14-8-12-6-7-13(16)15(10-12)9-11-4-2-1-3-5-11/h1-5,12H,6-10,14H2/t12-/m1/s1. The lowest BCUT2D eigenvalue weighted by Gasteiger charge is -2.32. The second-order valence-electron chi connectivity index (χ2n) is 4.40. The molecule has 0 aromatic heterocycles. The number of likely N-dealkylation sites (tertiary alicyclic amines) is 1. The largest absolute Gasteiger partial charge is 0.338 e. The highest BCUT2D eigenvalue weighted by molar-refractivity contribution is 5.76. The Bertz CT molecular complexity index is 350. The van der Waals surface area contributed by atoms with Crippen LogP contribution in [0.3, 0.4) is 0 Å². The smallest absolute Gasteiger partial charge is 0.222 e. The molecule has 0 unspecified atom stereocenters. The van der Waals surface area contributed by atoms with Crippen molar-refractivity contribution in [2.75, 3.05) is 13.1 Å². The molecule has 1 aromatic rings. The molecule has 0 radical (unpaired) electrons. The van der Waals surface area contributed by atoms with Crippen molar-refractivity contribution < 1.29 is 4.79 Å². The van der Waals surface area contributed by atoms with Crippen molar-refractivity contribution in [1.82, 2.24) is 4.90 Å². The predicted octanol–water partition coefficient (Wildman–Crippen LogP) is 1.38. The van der Waals surface area contributed by atoms with Gasteiger partial charge in [0.15, 0.2) is 0 Å². The van der Waals surface area contributed by atoms with Crippen LogP contribution < -0.4 is 5.73 Å². The van der Waals surface area contributed by atoms with E-state index in [0.29, 0.717) is 18.9 Å². The number of benzene rings is 1. The van der Waals surface area contributed by atoms with Crippen LogP contribution >= 0.6 is 0 Å². The molecular formula is C13H18N2O. The molecule has 1 aliphatic heterocycles. The summed E-state index contributed by atoms with van der Waals surface area (Å²) in [7, 11) is 0. The van der Waals surface area contributed by atoms with Crippen molar-refractivity contribution in [2.45, 2.75) is 19.4 Å². The van der Waals surface area contributed by atoms with Gasteiger partial charge in [0.2, 0.25) is 5.91 Å². The van der Waals surface area contributed by atoms with E-state index in [4.69, 9.17) is 5.73 Å². The molecule has 0 aliphatic carbocycles. The number of carbonyl (C=O) groups is 1. The van der Waals surface area contributed by atoms with E-state index in [-0.39, 0.29) is 5.91 Å². The first-order chi connectivity index (χ1) is 7.79. The van der Waals surface area contributed by atoms with Gasteiger partial charge in [-0.2, -0.15) is 0 Å². The van der Waals surface area contributed by atoms with Gasteiger partial charge in [0.25, 0.3) is 0 Å². The minimum Gasteiger partial charge on any atom is -0.338 e. The highest BCUT2D eigenvalue weighted by atomic mass is 16.2. The van der Waals surface area contributed by atoms with Gasteiger partial charge in [-0.05, 0) is 24.4 Å². The third-order valence-electron chi connectivity index (χ3n) is 3.15. The van der Waals surface area contributed by atoms with Crippen LogP contribution in [-0.2, 0) is 11.3 Å². The van der Waals surface area contributed by atoms with Gasteiger partial charge >= 0.3 is 0 Å². The maximum Gasteiger partial charge on any atom is 0.222 e. The summed E-state index contributed by atoms with van der Waals surface area (Å²) in [5.41, 5.74) is 6.85. The summed E-state index contributed by atoms with van der Waals surface area (Å²) in [5, 5.41) is 0. The van der Waals surface area contributed by atoms with Crippen molar-refractivity contribution in [2.24, 2.45) is 11.7 Å². The minimum atomic E-state index is 0.258. The molecule has 1 saturated heterocycles. The molecule has 0 bridgehead atoms. The van der Waals surface area contributed by atoms with Gasteiger partial charge < -0.3 is 10.6 Å². The Balaban J connectivity index is 2.00. The maximum absolute atomic E-state index is 11.7. The second-order valence-corrected chi connectivity index (χ2v) is 4.40. The van der Waals surface area contributed by atoms with E-state index in [1.165, 1.54) is 5.56 Å². The Morgan fingerprint density at radius 2 is 2.06 bits per heavy atom.